The van der Waals surface area contributed by atoms with Crippen LogP contribution in [0.25, 0.3) is 0 Å². The molecule has 0 fully saturated rings. The molecule has 0 saturated heterocycles. The van der Waals surface area contributed by atoms with Gasteiger partial charge in [0, 0.05) is 6.04 Å². The fraction of sp³-hybridized carbons (Fsp3) is 0.667. The van der Waals surface area contributed by atoms with Crippen molar-refractivity contribution < 1.29 is 29.4 Å². The molecule has 0 aliphatic carbocycles. The molecule has 0 aliphatic rings. The van der Waals surface area contributed by atoms with E-state index in [-0.39, 0.29) is 25.2 Å². The summed E-state index contributed by atoms with van der Waals surface area (Å²) in [5, 5.41) is 9.63. The number of carboxylic acid groups (broad SMARTS) is 1. The predicted molar refractivity (Wildman–Crippen MR) is 25.2 cm³/mol. The number of hydrogen-bond donors (Lipinski definition) is 1. The number of aliphatic carboxylic acids is 1. The Morgan fingerprint density at radius 1 is 1.88 bits per heavy atom. The summed E-state index contributed by atoms with van der Waals surface area (Å²) in [4.78, 5) is 9.63. The van der Waals surface area contributed by atoms with Crippen LogP contribution in [0.15, 0.2) is 0 Å². The van der Waals surface area contributed by atoms with Crippen LogP contribution < -0.4 is 10.8 Å². The van der Waals surface area contributed by atoms with Gasteiger partial charge in [-0.2, -0.15) is 5.75 Å². The Morgan fingerprint density at radius 2 is 2.25 bits per heavy atom. The van der Waals surface area contributed by atoms with Crippen LogP contribution in [0.3, 0.4) is 0 Å². The third-order valence-corrected chi connectivity index (χ3v) is 0.841. The monoisotopic (exact) mass is 183 g/mol. The number of rotatable bonds is 2. The zero-order valence-corrected chi connectivity index (χ0v) is 8.08. The molecule has 1 atom stereocenters. The van der Waals surface area contributed by atoms with Crippen LogP contribution in [-0.4, -0.2) is 17.8 Å². The van der Waals surface area contributed by atoms with E-state index in [0.29, 0.717) is 0 Å². The van der Waals surface area contributed by atoms with Crippen LogP contribution >= 0.6 is 0 Å². The SMILES string of the molecule is N[C@@H](C[S-])C(=O)[O-].[Zn+2]. The van der Waals surface area contributed by atoms with Crippen molar-refractivity contribution >= 4 is 18.6 Å². The number of carbonyl (C=O) groups excluding carboxylic acids is 1. The van der Waals surface area contributed by atoms with Crippen molar-refractivity contribution in [3.05, 3.63) is 0 Å². The molecule has 0 amide bonds. The van der Waals surface area contributed by atoms with Crippen molar-refractivity contribution in [2.75, 3.05) is 5.75 Å². The quantitative estimate of drug-likeness (QED) is 0.384. The molecule has 0 aromatic rings. The van der Waals surface area contributed by atoms with E-state index in [1.54, 1.807) is 0 Å². The Balaban J connectivity index is 0. The van der Waals surface area contributed by atoms with Gasteiger partial charge in [-0.05, 0) is 0 Å². The summed E-state index contributed by atoms with van der Waals surface area (Å²) in [5.74, 6) is -1.27. The second-order valence-corrected chi connectivity index (χ2v) is 1.43. The smallest absolute Gasteiger partial charge is 0.791 e. The van der Waals surface area contributed by atoms with E-state index in [1.807, 2.05) is 0 Å². The number of hydrogen-bond acceptors (Lipinski definition) is 4. The van der Waals surface area contributed by atoms with Crippen molar-refractivity contribution in [1.29, 1.82) is 0 Å². The molecule has 0 aromatic heterocycles. The second-order valence-electron chi connectivity index (χ2n) is 1.09. The fourth-order valence-corrected chi connectivity index (χ4v) is 0.204. The first kappa shape index (κ1) is 11.2. The van der Waals surface area contributed by atoms with Crippen LogP contribution in [0, 0.1) is 0 Å². The molecular weight excluding hydrogens is 179 g/mol. The molecule has 0 aromatic carbocycles. The van der Waals surface area contributed by atoms with Gasteiger partial charge in [-0.1, -0.05) is 0 Å². The molecule has 0 rings (SSSR count). The van der Waals surface area contributed by atoms with Gasteiger partial charge in [-0.3, -0.25) is 0 Å². The molecule has 0 radical (unpaired) electrons. The average Bonchev–Trinajstić information content (AvgIpc) is 1.65. The number of carboxylic acids is 1. The number of carbonyl (C=O) groups is 1. The molecule has 42 valence electrons. The Bertz CT molecular complexity index is 79.7. The third-order valence-electron chi connectivity index (χ3n) is 0.482. The molecule has 0 heterocycles. The summed E-state index contributed by atoms with van der Waals surface area (Å²) >= 11 is 4.31. The largest absolute Gasteiger partial charge is 2.00 e. The third kappa shape index (κ3) is 4.56. The van der Waals surface area contributed by atoms with Crippen LogP contribution in [-0.2, 0) is 36.9 Å². The summed E-state index contributed by atoms with van der Waals surface area (Å²) in [7, 11) is 0. The van der Waals surface area contributed by atoms with E-state index < -0.39 is 12.0 Å². The van der Waals surface area contributed by atoms with Gasteiger partial charge >= 0.3 is 19.5 Å². The summed E-state index contributed by atoms with van der Waals surface area (Å²) in [5.41, 5.74) is 4.85. The van der Waals surface area contributed by atoms with Gasteiger partial charge in [0.1, 0.15) is 0 Å². The van der Waals surface area contributed by atoms with Crippen molar-refractivity contribution in [1.82, 2.24) is 0 Å². The summed E-state index contributed by atoms with van der Waals surface area (Å²) < 4.78 is 0. The maximum Gasteiger partial charge on any atom is 2.00 e. The first-order valence-corrected chi connectivity index (χ1v) is 2.30. The van der Waals surface area contributed by atoms with Gasteiger partial charge in [0.25, 0.3) is 0 Å². The van der Waals surface area contributed by atoms with E-state index in [4.69, 9.17) is 5.73 Å². The molecule has 5 heteroatoms. The van der Waals surface area contributed by atoms with Gasteiger partial charge in [-0.25, -0.2) is 0 Å². The predicted octanol–water partition coefficient (Wildman–Crippen LogP) is -2.39. The van der Waals surface area contributed by atoms with E-state index in [2.05, 4.69) is 12.6 Å². The van der Waals surface area contributed by atoms with Crippen molar-refractivity contribution in [2.45, 2.75) is 6.04 Å². The first-order valence-electron chi connectivity index (χ1n) is 1.73. The van der Waals surface area contributed by atoms with Crippen LogP contribution in [0.1, 0.15) is 0 Å². The molecule has 8 heavy (non-hydrogen) atoms. The van der Waals surface area contributed by atoms with Gasteiger partial charge in [0.15, 0.2) is 0 Å². The fourth-order valence-electron chi connectivity index (χ4n) is 0.0680. The minimum absolute atomic E-state index is 0. The molecule has 2 N–H and O–H groups in total. The van der Waals surface area contributed by atoms with Gasteiger partial charge in [0.2, 0.25) is 0 Å². The standard InChI is InChI=1S/C3H7NO2S.Zn/c4-2(1-7)3(5)6;/h2,7H,1,4H2,(H,5,6);/q;+2/p-2/t2-;/m0./s1. The normalized spacial score (nSPS) is 11.8. The molecule has 0 aliphatic heterocycles. The van der Waals surface area contributed by atoms with E-state index in [0.717, 1.165) is 0 Å². The van der Waals surface area contributed by atoms with E-state index in [1.165, 1.54) is 0 Å². The Labute approximate surface area is 65.8 Å². The molecule has 0 spiro atoms. The maximum absolute atomic E-state index is 9.63. The topological polar surface area (TPSA) is 66.2 Å². The van der Waals surface area contributed by atoms with E-state index >= 15 is 0 Å². The summed E-state index contributed by atoms with van der Waals surface area (Å²) in [6.07, 6.45) is 0. The molecule has 0 unspecified atom stereocenters. The maximum atomic E-state index is 9.63. The number of nitrogens with two attached hydrogens (primary N) is 1. The Morgan fingerprint density at radius 3 is 2.25 bits per heavy atom. The average molecular weight is 185 g/mol. The van der Waals surface area contributed by atoms with Gasteiger partial charge < -0.3 is 28.3 Å². The van der Waals surface area contributed by atoms with E-state index in [9.17, 15) is 9.90 Å². The van der Waals surface area contributed by atoms with Gasteiger partial charge in [0.05, 0.1) is 5.97 Å². The van der Waals surface area contributed by atoms with Crippen LogP contribution in [0.5, 0.6) is 0 Å². The minimum Gasteiger partial charge on any atom is -0.791 e. The molecule has 3 nitrogen and oxygen atoms in total. The zero-order chi connectivity index (χ0) is 5.86. The Hall–Kier alpha value is 0.403. The van der Waals surface area contributed by atoms with Crippen LogP contribution in [0.2, 0.25) is 0 Å². The molecule has 0 bridgehead atoms. The molecular formula is C3H5NO2SZn. The molecule has 0 saturated carbocycles. The van der Waals surface area contributed by atoms with Gasteiger partial charge in [-0.15, -0.1) is 0 Å². The van der Waals surface area contributed by atoms with Crippen LogP contribution in [0.4, 0.5) is 0 Å². The second kappa shape index (κ2) is 5.54. The van der Waals surface area contributed by atoms with Crippen molar-refractivity contribution in [3.8, 4) is 0 Å². The Kier molecular flexibility index (Phi) is 7.78. The van der Waals surface area contributed by atoms with Crippen molar-refractivity contribution in [3.63, 3.8) is 0 Å². The first-order chi connectivity index (χ1) is 3.18. The minimum atomic E-state index is -1.28. The summed E-state index contributed by atoms with van der Waals surface area (Å²) in [6, 6.07) is -0.977. The zero-order valence-electron chi connectivity index (χ0n) is 4.29. The van der Waals surface area contributed by atoms with Crippen molar-refractivity contribution in [2.24, 2.45) is 5.73 Å². The summed E-state index contributed by atoms with van der Waals surface area (Å²) in [6.45, 7) is 0.